The summed E-state index contributed by atoms with van der Waals surface area (Å²) >= 11 is 5.76. The van der Waals surface area contributed by atoms with Crippen LogP contribution >= 0.6 is 11.6 Å². The van der Waals surface area contributed by atoms with Gasteiger partial charge in [0.25, 0.3) is 5.91 Å². The fraction of sp³-hybridized carbons (Fsp3) is 0.364. The van der Waals surface area contributed by atoms with Crippen LogP contribution in [0.25, 0.3) is 0 Å². The Morgan fingerprint density at radius 2 is 2.11 bits per heavy atom. The molecule has 1 atom stereocenters. The van der Waals surface area contributed by atoms with Gasteiger partial charge in [0, 0.05) is 11.6 Å². The molecule has 1 N–H and O–H groups in total. The summed E-state index contributed by atoms with van der Waals surface area (Å²) in [6, 6.07) is 4.63. The molecule has 1 saturated heterocycles. The Kier molecular flexibility index (Phi) is 3.25. The molecule has 0 bridgehead atoms. The number of hydrogen-bond donors (Lipinski definition) is 1. The summed E-state index contributed by atoms with van der Waals surface area (Å²) in [6.45, 7) is 1.24. The van der Waals surface area contributed by atoms with Crippen molar-refractivity contribution in [1.82, 2.24) is 5.43 Å². The summed E-state index contributed by atoms with van der Waals surface area (Å²) in [5.41, 5.74) is 3.48. The van der Waals surface area contributed by atoms with Crippen molar-refractivity contribution < 1.29 is 18.0 Å². The number of alkyl halides is 3. The van der Waals surface area contributed by atoms with Crippen LogP contribution in [0.1, 0.15) is 5.56 Å². The summed E-state index contributed by atoms with van der Waals surface area (Å²) in [4.78, 5) is 11.7. The van der Waals surface area contributed by atoms with E-state index in [1.54, 1.807) is 13.0 Å². The summed E-state index contributed by atoms with van der Waals surface area (Å²) in [5.74, 6) is -2.99. The van der Waals surface area contributed by atoms with Gasteiger partial charge in [-0.25, -0.2) is 10.4 Å². The zero-order chi connectivity index (χ0) is 13.5. The lowest BCUT2D eigenvalue weighted by molar-refractivity contribution is -0.174. The highest BCUT2D eigenvalue weighted by atomic mass is 35.5. The second-order valence-electron chi connectivity index (χ2n) is 4.06. The second-order valence-corrected chi connectivity index (χ2v) is 4.50. The maximum atomic E-state index is 12.6. The van der Waals surface area contributed by atoms with E-state index in [0.29, 0.717) is 16.3 Å². The second kappa shape index (κ2) is 4.44. The molecule has 0 aliphatic carbocycles. The van der Waals surface area contributed by atoms with E-state index in [9.17, 15) is 18.0 Å². The zero-order valence-corrected chi connectivity index (χ0v) is 10.1. The number of nitrogens with zero attached hydrogens (tertiary/aromatic N) is 1. The van der Waals surface area contributed by atoms with Gasteiger partial charge in [-0.1, -0.05) is 11.6 Å². The molecule has 3 nitrogen and oxygen atoms in total. The molecule has 0 aromatic heterocycles. The first-order valence-corrected chi connectivity index (χ1v) is 5.59. The fourth-order valence-corrected chi connectivity index (χ4v) is 2.06. The molecule has 1 heterocycles. The van der Waals surface area contributed by atoms with E-state index in [2.05, 4.69) is 5.43 Å². The molecule has 0 saturated carbocycles. The van der Waals surface area contributed by atoms with Crippen molar-refractivity contribution >= 4 is 23.2 Å². The molecule has 1 amide bonds. The smallest absolute Gasteiger partial charge is 0.272 e. The monoisotopic (exact) mass is 278 g/mol. The number of carbonyl (C=O) groups is 1. The number of nitrogens with one attached hydrogen (secondary N) is 1. The number of hydrazine groups is 1. The number of rotatable bonds is 1. The quantitative estimate of drug-likeness (QED) is 0.857. The lowest BCUT2D eigenvalue weighted by Gasteiger charge is -2.19. The van der Waals surface area contributed by atoms with Crippen LogP contribution in [0.4, 0.5) is 18.9 Å². The van der Waals surface area contributed by atoms with Gasteiger partial charge in [-0.05, 0) is 30.7 Å². The molecule has 1 fully saturated rings. The van der Waals surface area contributed by atoms with Gasteiger partial charge in [0.15, 0.2) is 0 Å². The number of halogens is 4. The predicted molar refractivity (Wildman–Crippen MR) is 61.2 cm³/mol. The topological polar surface area (TPSA) is 32.3 Å². The number of benzene rings is 1. The van der Waals surface area contributed by atoms with Crippen molar-refractivity contribution in [3.8, 4) is 0 Å². The first kappa shape index (κ1) is 13.2. The third kappa shape index (κ3) is 2.30. The van der Waals surface area contributed by atoms with Crippen LogP contribution in [-0.4, -0.2) is 18.6 Å². The Hall–Kier alpha value is -1.27. The van der Waals surface area contributed by atoms with Crippen molar-refractivity contribution in [2.45, 2.75) is 13.1 Å². The highest BCUT2D eigenvalue weighted by Crippen LogP contribution is 2.33. The van der Waals surface area contributed by atoms with Gasteiger partial charge in [-0.2, -0.15) is 13.2 Å². The summed E-state index contributed by atoms with van der Waals surface area (Å²) in [7, 11) is 0. The van der Waals surface area contributed by atoms with Crippen molar-refractivity contribution in [3.05, 3.63) is 28.8 Å². The molecule has 98 valence electrons. The Morgan fingerprint density at radius 3 is 2.61 bits per heavy atom. The van der Waals surface area contributed by atoms with Gasteiger partial charge >= 0.3 is 6.18 Å². The van der Waals surface area contributed by atoms with Gasteiger partial charge in [0.2, 0.25) is 0 Å². The highest BCUT2D eigenvalue weighted by molar-refractivity contribution is 6.30. The number of carbonyl (C=O) groups excluding carboxylic acids is 1. The molecular weight excluding hydrogens is 269 g/mol. The SMILES string of the molecule is Cc1cc(Cl)ccc1N1NCC(C(F)(F)F)C1=O. The van der Waals surface area contributed by atoms with Crippen LogP contribution in [0.15, 0.2) is 18.2 Å². The van der Waals surface area contributed by atoms with Crippen LogP contribution in [0.2, 0.25) is 5.02 Å². The lowest BCUT2D eigenvalue weighted by Crippen LogP contribution is -2.37. The zero-order valence-electron chi connectivity index (χ0n) is 9.38. The highest BCUT2D eigenvalue weighted by Gasteiger charge is 2.50. The number of anilines is 1. The number of amides is 1. The largest absolute Gasteiger partial charge is 0.401 e. The normalized spacial score (nSPS) is 20.6. The minimum absolute atomic E-state index is 0.385. The molecule has 1 aliphatic rings. The first-order chi connectivity index (χ1) is 8.30. The van der Waals surface area contributed by atoms with E-state index in [1.165, 1.54) is 12.1 Å². The minimum atomic E-state index is -4.53. The van der Waals surface area contributed by atoms with E-state index in [0.717, 1.165) is 5.01 Å². The van der Waals surface area contributed by atoms with Crippen LogP contribution in [0, 0.1) is 12.8 Å². The molecular formula is C11H10ClF3N2O. The van der Waals surface area contributed by atoms with Crippen molar-refractivity contribution in [2.75, 3.05) is 11.6 Å². The van der Waals surface area contributed by atoms with Crippen LogP contribution in [-0.2, 0) is 4.79 Å². The molecule has 18 heavy (non-hydrogen) atoms. The van der Waals surface area contributed by atoms with Gasteiger partial charge in [-0.15, -0.1) is 0 Å². The average Bonchev–Trinajstić information content (AvgIpc) is 2.60. The first-order valence-electron chi connectivity index (χ1n) is 5.21. The third-order valence-corrected chi connectivity index (χ3v) is 3.00. The van der Waals surface area contributed by atoms with Crippen molar-refractivity contribution in [3.63, 3.8) is 0 Å². The summed E-state index contributed by atoms with van der Waals surface area (Å²) in [6.07, 6.45) is -4.53. The third-order valence-electron chi connectivity index (χ3n) is 2.77. The fourth-order valence-electron chi connectivity index (χ4n) is 1.83. The molecule has 0 spiro atoms. The number of aryl methyl sites for hydroxylation is 1. The van der Waals surface area contributed by atoms with E-state index >= 15 is 0 Å². The van der Waals surface area contributed by atoms with Gasteiger partial charge < -0.3 is 0 Å². The van der Waals surface area contributed by atoms with Gasteiger partial charge in [0.05, 0.1) is 5.69 Å². The Morgan fingerprint density at radius 1 is 1.44 bits per heavy atom. The molecule has 7 heteroatoms. The van der Waals surface area contributed by atoms with E-state index in [4.69, 9.17) is 11.6 Å². The Balaban J connectivity index is 2.29. The molecule has 1 aromatic carbocycles. The molecule has 1 aliphatic heterocycles. The van der Waals surface area contributed by atoms with Gasteiger partial charge in [-0.3, -0.25) is 4.79 Å². The van der Waals surface area contributed by atoms with E-state index in [-0.39, 0.29) is 0 Å². The maximum absolute atomic E-state index is 12.6. The number of hydrogen-bond acceptors (Lipinski definition) is 2. The molecule has 1 aromatic rings. The van der Waals surface area contributed by atoms with Crippen molar-refractivity contribution in [2.24, 2.45) is 5.92 Å². The summed E-state index contributed by atoms with van der Waals surface area (Å²) < 4.78 is 37.7. The van der Waals surface area contributed by atoms with Crippen LogP contribution in [0.3, 0.4) is 0 Å². The molecule has 1 unspecified atom stereocenters. The van der Waals surface area contributed by atoms with Crippen LogP contribution in [0.5, 0.6) is 0 Å². The average molecular weight is 279 g/mol. The Labute approximate surface area is 106 Å². The predicted octanol–water partition coefficient (Wildman–Crippen LogP) is 2.68. The van der Waals surface area contributed by atoms with E-state index in [1.807, 2.05) is 0 Å². The van der Waals surface area contributed by atoms with Gasteiger partial charge in [0.1, 0.15) is 5.92 Å². The van der Waals surface area contributed by atoms with Crippen LogP contribution < -0.4 is 10.4 Å². The maximum Gasteiger partial charge on any atom is 0.401 e. The Bertz CT molecular complexity index is 490. The van der Waals surface area contributed by atoms with Crippen molar-refractivity contribution in [1.29, 1.82) is 0 Å². The van der Waals surface area contributed by atoms with E-state index < -0.39 is 24.5 Å². The summed E-state index contributed by atoms with van der Waals surface area (Å²) in [5, 5.41) is 1.40. The molecule has 2 rings (SSSR count). The standard InChI is InChI=1S/C11H10ClF3N2O/c1-6-4-7(12)2-3-9(6)17-10(18)8(5-16-17)11(13,14)15/h2-4,8,16H,5H2,1H3. The minimum Gasteiger partial charge on any atom is -0.272 e. The molecule has 0 radical (unpaired) electrons. The lowest BCUT2D eigenvalue weighted by atomic mass is 10.1.